The van der Waals surface area contributed by atoms with Crippen molar-refractivity contribution in [3.8, 4) is 11.1 Å². The molecule has 0 N–H and O–H groups in total. The third kappa shape index (κ3) is 2.75. The van der Waals surface area contributed by atoms with Crippen molar-refractivity contribution in [3.63, 3.8) is 0 Å². The molecule has 108 valence electrons. The van der Waals surface area contributed by atoms with Crippen LogP contribution in [0.4, 0.5) is 5.82 Å². The van der Waals surface area contributed by atoms with E-state index in [1.54, 1.807) is 0 Å². The molecule has 2 heterocycles. The lowest BCUT2D eigenvalue weighted by molar-refractivity contribution is 0.0601. The summed E-state index contributed by atoms with van der Waals surface area (Å²) in [7, 11) is 1.41. The molecule has 21 heavy (non-hydrogen) atoms. The number of nitrogens with zero attached hydrogens (tertiary/aromatic N) is 2. The zero-order chi connectivity index (χ0) is 14.7. The molecule has 4 nitrogen and oxygen atoms in total. The number of pyridine rings is 1. The van der Waals surface area contributed by atoms with Gasteiger partial charge >= 0.3 is 5.97 Å². The highest BCUT2D eigenvalue weighted by Gasteiger charge is 2.22. The van der Waals surface area contributed by atoms with Gasteiger partial charge < -0.3 is 9.64 Å². The zero-order valence-corrected chi connectivity index (χ0v) is 12.1. The molecule has 0 spiro atoms. The second-order valence-electron chi connectivity index (χ2n) is 5.15. The van der Waals surface area contributed by atoms with Gasteiger partial charge in [0.15, 0.2) is 0 Å². The molecule has 0 radical (unpaired) electrons. The number of hydrogen-bond donors (Lipinski definition) is 0. The van der Waals surface area contributed by atoms with Crippen LogP contribution in [0.3, 0.4) is 0 Å². The topological polar surface area (TPSA) is 42.4 Å². The Labute approximate surface area is 124 Å². The van der Waals surface area contributed by atoms with Crippen LogP contribution < -0.4 is 4.90 Å². The Balaban J connectivity index is 2.04. The van der Waals surface area contributed by atoms with Crippen LogP contribution in [0.5, 0.6) is 0 Å². The minimum atomic E-state index is -0.331. The summed E-state index contributed by atoms with van der Waals surface area (Å²) in [5.41, 5.74) is 2.52. The monoisotopic (exact) mass is 282 g/mol. The highest BCUT2D eigenvalue weighted by Crippen LogP contribution is 2.27. The number of benzene rings is 1. The summed E-state index contributed by atoms with van der Waals surface area (Å²) in [4.78, 5) is 18.8. The van der Waals surface area contributed by atoms with E-state index in [4.69, 9.17) is 4.74 Å². The van der Waals surface area contributed by atoms with Gasteiger partial charge in [0.25, 0.3) is 0 Å². The Hall–Kier alpha value is -2.36. The number of esters is 1. The third-order valence-corrected chi connectivity index (χ3v) is 3.78. The maximum Gasteiger partial charge on any atom is 0.341 e. The highest BCUT2D eigenvalue weighted by atomic mass is 16.5. The first-order chi connectivity index (χ1) is 10.3. The normalized spacial score (nSPS) is 14.2. The summed E-state index contributed by atoms with van der Waals surface area (Å²) in [6.45, 7) is 1.89. The fraction of sp³-hybridized carbons (Fsp3) is 0.294. The van der Waals surface area contributed by atoms with Gasteiger partial charge in [0, 0.05) is 24.8 Å². The van der Waals surface area contributed by atoms with Gasteiger partial charge in [-0.15, -0.1) is 0 Å². The lowest BCUT2D eigenvalue weighted by Gasteiger charge is -2.19. The number of anilines is 1. The largest absolute Gasteiger partial charge is 0.465 e. The first kappa shape index (κ1) is 13.6. The molecule has 3 rings (SSSR count). The first-order valence-corrected chi connectivity index (χ1v) is 7.18. The minimum absolute atomic E-state index is 0.331. The van der Waals surface area contributed by atoms with E-state index in [1.807, 2.05) is 42.6 Å². The molecule has 0 atom stereocenters. The van der Waals surface area contributed by atoms with E-state index in [2.05, 4.69) is 9.88 Å². The van der Waals surface area contributed by atoms with Crippen LogP contribution in [0.2, 0.25) is 0 Å². The summed E-state index contributed by atoms with van der Waals surface area (Å²) in [5, 5.41) is 0. The second kappa shape index (κ2) is 5.95. The maximum atomic E-state index is 12.1. The number of methoxy groups -OCH3 is 1. The fourth-order valence-electron chi connectivity index (χ4n) is 2.69. The smallest absolute Gasteiger partial charge is 0.341 e. The predicted octanol–water partition coefficient (Wildman–Crippen LogP) is 3.14. The Morgan fingerprint density at radius 2 is 1.86 bits per heavy atom. The molecule has 4 heteroatoms. The molecule has 0 unspecified atom stereocenters. The standard InChI is InChI=1S/C17H18N2O2/c1-21-17(20)15-11-14(13-7-3-2-4-8-13)12-18-16(15)19-9-5-6-10-19/h2-4,7-8,11-12H,5-6,9-10H2,1H3. The average Bonchev–Trinajstić information content (AvgIpc) is 3.08. The van der Waals surface area contributed by atoms with Crippen molar-refractivity contribution >= 4 is 11.8 Å². The molecule has 1 aromatic carbocycles. The molecule has 0 amide bonds. The summed E-state index contributed by atoms with van der Waals surface area (Å²) in [6.07, 6.45) is 4.11. The van der Waals surface area contributed by atoms with Crippen LogP contribution in [0.1, 0.15) is 23.2 Å². The van der Waals surface area contributed by atoms with Crippen molar-refractivity contribution in [2.24, 2.45) is 0 Å². The lowest BCUT2D eigenvalue weighted by Crippen LogP contribution is -2.22. The number of aromatic nitrogens is 1. The van der Waals surface area contributed by atoms with Crippen molar-refractivity contribution in [1.29, 1.82) is 0 Å². The molecular weight excluding hydrogens is 264 g/mol. The number of ether oxygens (including phenoxy) is 1. The quantitative estimate of drug-likeness (QED) is 0.811. The van der Waals surface area contributed by atoms with E-state index in [1.165, 1.54) is 7.11 Å². The van der Waals surface area contributed by atoms with E-state index in [0.717, 1.165) is 42.9 Å². The van der Waals surface area contributed by atoms with E-state index in [-0.39, 0.29) is 5.97 Å². The predicted molar refractivity (Wildman–Crippen MR) is 82.5 cm³/mol. The van der Waals surface area contributed by atoms with Crippen molar-refractivity contribution < 1.29 is 9.53 Å². The highest BCUT2D eigenvalue weighted by molar-refractivity contribution is 5.96. The Bertz CT molecular complexity index is 634. The fourth-order valence-corrected chi connectivity index (χ4v) is 2.69. The van der Waals surface area contributed by atoms with Gasteiger partial charge in [-0.1, -0.05) is 30.3 Å². The Kier molecular flexibility index (Phi) is 3.86. The van der Waals surface area contributed by atoms with Crippen molar-refractivity contribution in [2.75, 3.05) is 25.1 Å². The summed E-state index contributed by atoms with van der Waals surface area (Å²) >= 11 is 0. The number of carbonyl (C=O) groups excluding carboxylic acids is 1. The van der Waals surface area contributed by atoms with Gasteiger partial charge in [0.2, 0.25) is 0 Å². The van der Waals surface area contributed by atoms with Crippen LogP contribution in [0.25, 0.3) is 11.1 Å². The Morgan fingerprint density at radius 1 is 1.14 bits per heavy atom. The van der Waals surface area contributed by atoms with E-state index in [0.29, 0.717) is 5.56 Å². The summed E-state index contributed by atoms with van der Waals surface area (Å²) in [5.74, 6) is 0.404. The van der Waals surface area contributed by atoms with Gasteiger partial charge in [0.05, 0.1) is 7.11 Å². The second-order valence-corrected chi connectivity index (χ2v) is 5.15. The minimum Gasteiger partial charge on any atom is -0.465 e. The summed E-state index contributed by atoms with van der Waals surface area (Å²) in [6, 6.07) is 11.8. The zero-order valence-electron chi connectivity index (χ0n) is 12.1. The maximum absolute atomic E-state index is 12.1. The summed E-state index contributed by atoms with van der Waals surface area (Å²) < 4.78 is 4.92. The molecule has 1 aliphatic rings. The van der Waals surface area contributed by atoms with Crippen LogP contribution in [-0.2, 0) is 4.74 Å². The molecular formula is C17H18N2O2. The first-order valence-electron chi connectivity index (χ1n) is 7.18. The van der Waals surface area contributed by atoms with E-state index >= 15 is 0 Å². The molecule has 0 aliphatic carbocycles. The molecule has 1 aromatic heterocycles. The Morgan fingerprint density at radius 3 is 2.52 bits per heavy atom. The average molecular weight is 282 g/mol. The van der Waals surface area contributed by atoms with Crippen molar-refractivity contribution in [3.05, 3.63) is 48.2 Å². The van der Waals surface area contributed by atoms with Crippen LogP contribution in [-0.4, -0.2) is 31.2 Å². The van der Waals surface area contributed by atoms with Crippen molar-refractivity contribution in [2.45, 2.75) is 12.8 Å². The van der Waals surface area contributed by atoms with Gasteiger partial charge in [-0.3, -0.25) is 0 Å². The number of rotatable bonds is 3. The molecule has 1 aliphatic heterocycles. The van der Waals surface area contributed by atoms with E-state index < -0.39 is 0 Å². The van der Waals surface area contributed by atoms with Gasteiger partial charge in [-0.2, -0.15) is 0 Å². The molecule has 0 saturated carbocycles. The SMILES string of the molecule is COC(=O)c1cc(-c2ccccc2)cnc1N1CCCC1. The molecule has 2 aromatic rings. The molecule has 0 bridgehead atoms. The van der Waals surface area contributed by atoms with Gasteiger partial charge in [0.1, 0.15) is 11.4 Å². The van der Waals surface area contributed by atoms with Crippen LogP contribution in [0, 0.1) is 0 Å². The third-order valence-electron chi connectivity index (χ3n) is 3.78. The van der Waals surface area contributed by atoms with Gasteiger partial charge in [-0.05, 0) is 24.5 Å². The number of carbonyl (C=O) groups is 1. The lowest BCUT2D eigenvalue weighted by atomic mass is 10.1. The molecule has 1 saturated heterocycles. The van der Waals surface area contributed by atoms with E-state index in [9.17, 15) is 4.79 Å². The van der Waals surface area contributed by atoms with Crippen molar-refractivity contribution in [1.82, 2.24) is 4.98 Å². The van der Waals surface area contributed by atoms with Crippen LogP contribution >= 0.6 is 0 Å². The number of hydrogen-bond acceptors (Lipinski definition) is 4. The van der Waals surface area contributed by atoms with Gasteiger partial charge in [-0.25, -0.2) is 9.78 Å². The molecule has 1 fully saturated rings. The van der Waals surface area contributed by atoms with Crippen LogP contribution in [0.15, 0.2) is 42.6 Å².